The van der Waals surface area contributed by atoms with Crippen LogP contribution in [0.5, 0.6) is 0 Å². The summed E-state index contributed by atoms with van der Waals surface area (Å²) in [7, 11) is 0. The van der Waals surface area contributed by atoms with Crippen LogP contribution < -0.4 is 5.32 Å². The Morgan fingerprint density at radius 2 is 2.00 bits per heavy atom. The molecule has 3 rings (SSSR count). The Hall–Kier alpha value is -2.93. The molecule has 0 atom stereocenters. The molecule has 2 heterocycles. The molecule has 122 valence electrons. The van der Waals surface area contributed by atoms with Crippen LogP contribution in [0.3, 0.4) is 0 Å². The van der Waals surface area contributed by atoms with Crippen LogP contribution in [0.25, 0.3) is 10.8 Å². The van der Waals surface area contributed by atoms with Gasteiger partial charge in [-0.15, -0.1) is 11.3 Å². The number of carbonyl (C=O) groups excluding carboxylic acids is 2. The SMILES string of the molecule is O=C(CNC(=O)c1csc(-c2ccco2)n1)OCc1ccccc1. The van der Waals surface area contributed by atoms with E-state index >= 15 is 0 Å². The van der Waals surface area contributed by atoms with Crippen LogP contribution in [-0.2, 0) is 16.1 Å². The van der Waals surface area contributed by atoms with Crippen LogP contribution >= 0.6 is 11.3 Å². The van der Waals surface area contributed by atoms with Gasteiger partial charge in [-0.05, 0) is 17.7 Å². The Morgan fingerprint density at radius 1 is 1.17 bits per heavy atom. The second-order valence-corrected chi connectivity index (χ2v) is 5.70. The van der Waals surface area contributed by atoms with Crippen molar-refractivity contribution in [2.24, 2.45) is 0 Å². The minimum absolute atomic E-state index is 0.175. The Bertz CT molecular complexity index is 812. The summed E-state index contributed by atoms with van der Waals surface area (Å²) in [5.41, 5.74) is 1.13. The number of thiazole rings is 1. The summed E-state index contributed by atoms with van der Waals surface area (Å²) in [6.45, 7) is -0.0336. The van der Waals surface area contributed by atoms with Crippen LogP contribution in [0.15, 0.2) is 58.5 Å². The van der Waals surface area contributed by atoms with Gasteiger partial charge in [-0.25, -0.2) is 4.98 Å². The maximum absolute atomic E-state index is 12.0. The van der Waals surface area contributed by atoms with Gasteiger partial charge >= 0.3 is 5.97 Å². The minimum atomic E-state index is -0.506. The molecule has 2 aromatic heterocycles. The highest BCUT2D eigenvalue weighted by molar-refractivity contribution is 7.13. The van der Waals surface area contributed by atoms with Gasteiger partial charge in [0.25, 0.3) is 5.91 Å². The number of nitrogens with one attached hydrogen (secondary N) is 1. The van der Waals surface area contributed by atoms with Gasteiger partial charge in [0.05, 0.1) is 6.26 Å². The predicted molar refractivity (Wildman–Crippen MR) is 88.4 cm³/mol. The van der Waals surface area contributed by atoms with Gasteiger partial charge in [-0.2, -0.15) is 0 Å². The van der Waals surface area contributed by atoms with Gasteiger partial charge in [0.1, 0.15) is 18.8 Å². The number of carbonyl (C=O) groups is 2. The highest BCUT2D eigenvalue weighted by atomic mass is 32.1. The number of furan rings is 1. The van der Waals surface area contributed by atoms with E-state index in [2.05, 4.69) is 10.3 Å². The smallest absolute Gasteiger partial charge is 0.325 e. The monoisotopic (exact) mass is 342 g/mol. The average Bonchev–Trinajstić information content (AvgIpc) is 3.29. The predicted octanol–water partition coefficient (Wildman–Crippen LogP) is 2.88. The van der Waals surface area contributed by atoms with Crippen molar-refractivity contribution in [2.75, 3.05) is 6.54 Å². The van der Waals surface area contributed by atoms with Crippen LogP contribution in [-0.4, -0.2) is 23.4 Å². The van der Waals surface area contributed by atoms with Crippen LogP contribution in [0.2, 0.25) is 0 Å². The largest absolute Gasteiger partial charge is 0.462 e. The Balaban J connectivity index is 1.47. The van der Waals surface area contributed by atoms with Crippen molar-refractivity contribution in [3.63, 3.8) is 0 Å². The molecule has 0 fully saturated rings. The summed E-state index contributed by atoms with van der Waals surface area (Å²) >= 11 is 1.30. The van der Waals surface area contributed by atoms with Gasteiger partial charge in [0.15, 0.2) is 10.8 Å². The summed E-state index contributed by atoms with van der Waals surface area (Å²) in [5.74, 6) is -0.337. The van der Waals surface area contributed by atoms with Crippen LogP contribution in [0.4, 0.5) is 0 Å². The average molecular weight is 342 g/mol. The Labute approximate surface area is 142 Å². The van der Waals surface area contributed by atoms with E-state index in [1.165, 1.54) is 11.3 Å². The van der Waals surface area contributed by atoms with Crippen LogP contribution in [0.1, 0.15) is 16.1 Å². The molecule has 1 aromatic carbocycles. The molecule has 0 radical (unpaired) electrons. The number of nitrogens with zero attached hydrogens (tertiary/aromatic N) is 1. The lowest BCUT2D eigenvalue weighted by Gasteiger charge is -2.05. The highest BCUT2D eigenvalue weighted by Gasteiger charge is 2.14. The quantitative estimate of drug-likeness (QED) is 0.697. The number of hydrogen-bond donors (Lipinski definition) is 1. The van der Waals surface area contributed by atoms with Gasteiger partial charge in [-0.1, -0.05) is 30.3 Å². The van der Waals surface area contributed by atoms with Crippen molar-refractivity contribution in [1.82, 2.24) is 10.3 Å². The summed E-state index contributed by atoms with van der Waals surface area (Å²) in [4.78, 5) is 27.9. The van der Waals surface area contributed by atoms with Gasteiger partial charge < -0.3 is 14.5 Å². The van der Waals surface area contributed by atoms with E-state index in [1.807, 2.05) is 30.3 Å². The molecule has 6 nitrogen and oxygen atoms in total. The molecule has 1 N–H and O–H groups in total. The number of aromatic nitrogens is 1. The summed E-state index contributed by atoms with van der Waals surface area (Å²) < 4.78 is 10.3. The van der Waals surface area contributed by atoms with Crippen molar-refractivity contribution in [1.29, 1.82) is 0 Å². The number of benzene rings is 1. The van der Waals surface area contributed by atoms with Crippen molar-refractivity contribution in [3.05, 3.63) is 65.4 Å². The molecule has 0 unspecified atom stereocenters. The third kappa shape index (κ3) is 4.08. The minimum Gasteiger partial charge on any atom is -0.462 e. The first-order chi connectivity index (χ1) is 11.7. The summed E-state index contributed by atoms with van der Waals surface area (Å²) in [6, 6.07) is 12.8. The first-order valence-electron chi connectivity index (χ1n) is 7.19. The van der Waals surface area contributed by atoms with Crippen molar-refractivity contribution in [2.45, 2.75) is 6.61 Å². The van der Waals surface area contributed by atoms with E-state index in [-0.39, 0.29) is 18.8 Å². The van der Waals surface area contributed by atoms with Crippen molar-refractivity contribution in [3.8, 4) is 10.8 Å². The zero-order valence-corrected chi connectivity index (χ0v) is 13.4. The van der Waals surface area contributed by atoms with Gasteiger partial charge in [0.2, 0.25) is 0 Å². The topological polar surface area (TPSA) is 81.4 Å². The fourth-order valence-electron chi connectivity index (χ4n) is 1.92. The lowest BCUT2D eigenvalue weighted by Crippen LogP contribution is -2.30. The zero-order valence-electron chi connectivity index (χ0n) is 12.6. The standard InChI is InChI=1S/C17H14N2O4S/c20-15(23-10-12-5-2-1-3-6-12)9-18-16(21)13-11-24-17(19-13)14-7-4-8-22-14/h1-8,11H,9-10H2,(H,18,21). The molecule has 0 bridgehead atoms. The van der Waals surface area contributed by atoms with E-state index in [0.29, 0.717) is 10.8 Å². The second-order valence-electron chi connectivity index (χ2n) is 4.84. The maximum Gasteiger partial charge on any atom is 0.325 e. The first kappa shape index (κ1) is 15.9. The van der Waals surface area contributed by atoms with Gasteiger partial charge in [0, 0.05) is 5.38 Å². The Kier molecular flexibility index (Phi) is 5.02. The Morgan fingerprint density at radius 3 is 2.75 bits per heavy atom. The zero-order chi connectivity index (χ0) is 16.8. The van der Waals surface area contributed by atoms with Crippen molar-refractivity contribution < 1.29 is 18.7 Å². The fraction of sp³-hybridized carbons (Fsp3) is 0.118. The molecule has 0 spiro atoms. The lowest BCUT2D eigenvalue weighted by atomic mass is 10.2. The van der Waals surface area contributed by atoms with E-state index in [4.69, 9.17) is 9.15 Å². The first-order valence-corrected chi connectivity index (χ1v) is 8.07. The molecular formula is C17H14N2O4S. The summed E-state index contributed by atoms with van der Waals surface area (Å²) in [5, 5.41) is 4.72. The molecular weight excluding hydrogens is 328 g/mol. The highest BCUT2D eigenvalue weighted by Crippen LogP contribution is 2.23. The fourth-order valence-corrected chi connectivity index (χ4v) is 2.69. The molecule has 0 saturated heterocycles. The number of amides is 1. The third-order valence-electron chi connectivity index (χ3n) is 3.10. The van der Waals surface area contributed by atoms with E-state index in [0.717, 1.165) is 5.56 Å². The van der Waals surface area contributed by atoms with E-state index in [1.54, 1.807) is 23.8 Å². The number of hydrogen-bond acceptors (Lipinski definition) is 6. The normalized spacial score (nSPS) is 10.3. The number of rotatable bonds is 6. The molecule has 0 saturated carbocycles. The van der Waals surface area contributed by atoms with E-state index < -0.39 is 11.9 Å². The molecule has 24 heavy (non-hydrogen) atoms. The number of ether oxygens (including phenoxy) is 1. The van der Waals surface area contributed by atoms with Gasteiger partial charge in [-0.3, -0.25) is 9.59 Å². The van der Waals surface area contributed by atoms with E-state index in [9.17, 15) is 9.59 Å². The molecule has 7 heteroatoms. The second kappa shape index (κ2) is 7.56. The third-order valence-corrected chi connectivity index (χ3v) is 3.96. The molecule has 0 aliphatic rings. The molecule has 0 aliphatic heterocycles. The molecule has 3 aromatic rings. The van der Waals surface area contributed by atoms with Crippen molar-refractivity contribution >= 4 is 23.2 Å². The maximum atomic E-state index is 12.0. The molecule has 1 amide bonds. The summed E-state index contributed by atoms with van der Waals surface area (Å²) in [6.07, 6.45) is 1.54. The lowest BCUT2D eigenvalue weighted by molar-refractivity contribution is -0.143. The van der Waals surface area contributed by atoms with Crippen LogP contribution in [0, 0.1) is 0 Å². The molecule has 0 aliphatic carbocycles. The number of esters is 1.